The summed E-state index contributed by atoms with van der Waals surface area (Å²) in [7, 11) is -1.70. The molecule has 0 spiro atoms. The molecule has 5 rings (SSSR count). The molecular formula is C26H24FN3O5S. The highest BCUT2D eigenvalue weighted by Crippen LogP contribution is 2.29. The first-order valence-corrected chi connectivity index (χ1v) is 12.8. The first-order valence-electron chi connectivity index (χ1n) is 11.5. The third kappa shape index (κ3) is 5.60. The lowest BCUT2D eigenvalue weighted by atomic mass is 10.1. The van der Waals surface area contributed by atoms with Gasteiger partial charge in [0.25, 0.3) is 0 Å². The smallest absolute Gasteiger partial charge is 0.341 e. The van der Waals surface area contributed by atoms with E-state index in [1.54, 1.807) is 48.7 Å². The van der Waals surface area contributed by atoms with Crippen molar-refractivity contribution in [3.63, 3.8) is 0 Å². The van der Waals surface area contributed by atoms with Crippen molar-refractivity contribution in [2.24, 2.45) is 5.92 Å². The van der Waals surface area contributed by atoms with Crippen LogP contribution in [0.2, 0.25) is 0 Å². The van der Waals surface area contributed by atoms with Gasteiger partial charge in [-0.2, -0.15) is 0 Å². The summed E-state index contributed by atoms with van der Waals surface area (Å²) in [4.78, 5) is 21.1. The maximum atomic E-state index is 13.8. The molecule has 1 saturated carbocycles. The zero-order chi connectivity index (χ0) is 25.1. The Hall–Kier alpha value is -3.63. The van der Waals surface area contributed by atoms with Crippen molar-refractivity contribution in [3.8, 4) is 5.75 Å². The van der Waals surface area contributed by atoms with E-state index in [1.807, 2.05) is 0 Å². The molecule has 2 aromatic carbocycles. The third-order valence-electron chi connectivity index (χ3n) is 5.80. The molecule has 1 fully saturated rings. The lowest BCUT2D eigenvalue weighted by Gasteiger charge is -2.13. The van der Waals surface area contributed by atoms with Crippen molar-refractivity contribution in [1.29, 1.82) is 0 Å². The predicted molar refractivity (Wildman–Crippen MR) is 130 cm³/mol. The van der Waals surface area contributed by atoms with Crippen molar-refractivity contribution in [2.45, 2.75) is 36.6 Å². The number of hydrogen-bond acceptors (Lipinski definition) is 7. The second-order valence-corrected chi connectivity index (χ2v) is 9.93. The molecule has 2 unspecified atom stereocenters. The monoisotopic (exact) mass is 509 g/mol. The van der Waals surface area contributed by atoms with Gasteiger partial charge >= 0.3 is 5.97 Å². The van der Waals surface area contributed by atoms with Gasteiger partial charge in [0.2, 0.25) is 5.16 Å². The molecule has 0 amide bonds. The molecule has 2 atom stereocenters. The number of nitrogens with zero attached hydrogens (tertiary/aromatic N) is 3. The second-order valence-electron chi connectivity index (χ2n) is 8.59. The highest BCUT2D eigenvalue weighted by molar-refractivity contribution is 7.84. The van der Waals surface area contributed by atoms with Crippen LogP contribution < -0.4 is 4.74 Å². The normalized spacial score (nSPS) is 14.9. The van der Waals surface area contributed by atoms with Crippen molar-refractivity contribution in [3.05, 3.63) is 83.9 Å². The number of hydrogen-bond donors (Lipinski definition) is 1. The molecule has 0 saturated heterocycles. The summed E-state index contributed by atoms with van der Waals surface area (Å²) >= 11 is 0. The highest BCUT2D eigenvalue weighted by atomic mass is 32.2. The average Bonchev–Trinajstić information content (AvgIpc) is 3.66. The fourth-order valence-corrected chi connectivity index (χ4v) is 4.83. The summed E-state index contributed by atoms with van der Waals surface area (Å²) in [5.74, 6) is -0.0813. The highest BCUT2D eigenvalue weighted by Gasteiger charge is 2.23. The van der Waals surface area contributed by atoms with Crippen LogP contribution in [-0.4, -0.2) is 36.4 Å². The fraction of sp³-hybridized carbons (Fsp3) is 0.269. The van der Waals surface area contributed by atoms with E-state index in [0.717, 1.165) is 0 Å². The van der Waals surface area contributed by atoms with E-state index in [2.05, 4.69) is 9.97 Å². The maximum Gasteiger partial charge on any atom is 0.341 e. The van der Waals surface area contributed by atoms with Gasteiger partial charge in [0.15, 0.2) is 12.8 Å². The summed E-state index contributed by atoms with van der Waals surface area (Å²) in [6, 6.07) is 15.8. The van der Waals surface area contributed by atoms with Crippen LogP contribution in [-0.2, 0) is 32.8 Å². The number of halogens is 1. The molecule has 10 heteroatoms. The lowest BCUT2D eigenvalue weighted by Crippen LogP contribution is -2.19. The molecular weight excluding hydrogens is 485 g/mol. The number of esters is 1. The van der Waals surface area contributed by atoms with E-state index in [1.165, 1.54) is 35.6 Å². The number of pyridine rings is 1. The van der Waals surface area contributed by atoms with E-state index >= 15 is 0 Å². The van der Waals surface area contributed by atoms with Crippen LogP contribution in [0.3, 0.4) is 0 Å². The van der Waals surface area contributed by atoms with Crippen LogP contribution >= 0.6 is 0 Å². The zero-order valence-corrected chi connectivity index (χ0v) is 20.1. The quantitative estimate of drug-likeness (QED) is 0.323. The zero-order valence-electron chi connectivity index (χ0n) is 19.2. The van der Waals surface area contributed by atoms with E-state index in [0.29, 0.717) is 35.0 Å². The minimum absolute atomic E-state index is 0.0347. The Labute approximate surface area is 209 Å². The number of carbonyl (C=O) groups excluding carboxylic acids is 1. The van der Waals surface area contributed by atoms with Crippen LogP contribution in [0.25, 0.3) is 11.0 Å². The number of aliphatic hydroxyl groups is 1. The van der Waals surface area contributed by atoms with Gasteiger partial charge in [-0.15, -0.1) is 0 Å². The Morgan fingerprint density at radius 2 is 1.97 bits per heavy atom. The van der Waals surface area contributed by atoms with Crippen molar-refractivity contribution in [1.82, 2.24) is 14.5 Å². The Morgan fingerprint density at radius 1 is 1.17 bits per heavy atom. The summed E-state index contributed by atoms with van der Waals surface area (Å²) in [6.45, 7) is 0.290. The van der Waals surface area contributed by atoms with Crippen LogP contribution in [0.15, 0.2) is 72.0 Å². The Bertz CT molecular complexity index is 1410. The van der Waals surface area contributed by atoms with Crippen molar-refractivity contribution < 1.29 is 28.0 Å². The van der Waals surface area contributed by atoms with Crippen LogP contribution in [0.1, 0.15) is 30.2 Å². The minimum atomic E-state index is -1.70. The van der Waals surface area contributed by atoms with Gasteiger partial charge in [-0.3, -0.25) is 13.8 Å². The average molecular weight is 510 g/mol. The summed E-state index contributed by atoms with van der Waals surface area (Å²) in [6.07, 6.45) is 2.46. The van der Waals surface area contributed by atoms with Gasteiger partial charge in [-0.25, -0.2) is 14.2 Å². The van der Waals surface area contributed by atoms with Crippen molar-refractivity contribution in [2.75, 3.05) is 6.61 Å². The number of carbonyl (C=O) groups is 1. The molecule has 4 aromatic rings. The first kappa shape index (κ1) is 24.1. The largest absolute Gasteiger partial charge is 0.493 e. The topological polar surface area (TPSA) is 104 Å². The number of benzene rings is 2. The van der Waals surface area contributed by atoms with E-state index in [4.69, 9.17) is 9.47 Å². The predicted octanol–water partition coefficient (Wildman–Crippen LogP) is 3.90. The molecule has 36 heavy (non-hydrogen) atoms. The summed E-state index contributed by atoms with van der Waals surface area (Å²) in [5, 5.41) is 10.4. The molecule has 186 valence electrons. The van der Waals surface area contributed by atoms with Gasteiger partial charge < -0.3 is 14.6 Å². The van der Waals surface area contributed by atoms with Gasteiger partial charge in [0.1, 0.15) is 11.6 Å². The third-order valence-corrected chi connectivity index (χ3v) is 7.08. The standard InChI is InChI=1S/C26H24FN3O5S/c27-19-8-9-23-22(12-19)29-26(30(23)16-35-25(32)24(31)18-4-2-1-3-5-18)36(33)15-20-13-21(10-11-28-20)34-14-17-6-7-17/h1-5,8-13,17,24,31H,6-7,14-16H2. The Morgan fingerprint density at radius 3 is 2.75 bits per heavy atom. The maximum absolute atomic E-state index is 13.8. The van der Waals surface area contributed by atoms with E-state index in [9.17, 15) is 18.5 Å². The number of fused-ring (bicyclic) bond motifs is 1. The van der Waals surface area contributed by atoms with Crippen LogP contribution in [0.4, 0.5) is 4.39 Å². The summed E-state index contributed by atoms with van der Waals surface area (Å²) in [5.41, 5.74) is 1.64. The lowest BCUT2D eigenvalue weighted by molar-refractivity contribution is -0.158. The first-order chi connectivity index (χ1) is 17.5. The molecule has 0 aliphatic heterocycles. The molecule has 0 bridgehead atoms. The molecule has 8 nitrogen and oxygen atoms in total. The van der Waals surface area contributed by atoms with Gasteiger partial charge in [0.05, 0.1) is 39.9 Å². The molecule has 2 aromatic heterocycles. The number of aromatic nitrogens is 3. The van der Waals surface area contributed by atoms with Crippen LogP contribution in [0.5, 0.6) is 5.75 Å². The molecule has 0 radical (unpaired) electrons. The second kappa shape index (κ2) is 10.5. The van der Waals surface area contributed by atoms with E-state index in [-0.39, 0.29) is 23.2 Å². The van der Waals surface area contributed by atoms with Gasteiger partial charge in [-0.1, -0.05) is 30.3 Å². The summed E-state index contributed by atoms with van der Waals surface area (Å²) < 4.78 is 39.7. The van der Waals surface area contributed by atoms with Crippen molar-refractivity contribution >= 4 is 27.8 Å². The van der Waals surface area contributed by atoms with Gasteiger partial charge in [0, 0.05) is 18.3 Å². The molecule has 1 N–H and O–H groups in total. The van der Waals surface area contributed by atoms with Gasteiger partial charge in [-0.05, 0) is 42.5 Å². The molecule has 2 heterocycles. The Kier molecular flexibility index (Phi) is 7.06. The number of rotatable bonds is 10. The number of aliphatic hydroxyl groups excluding tert-OH is 1. The van der Waals surface area contributed by atoms with Crippen LogP contribution in [0, 0.1) is 11.7 Å². The number of ether oxygens (including phenoxy) is 2. The SMILES string of the molecule is O=C(OCn1c(S(=O)Cc2cc(OCC3CC3)ccn2)nc2cc(F)ccc21)C(O)c1ccccc1. The molecule has 1 aliphatic rings. The molecule has 1 aliphatic carbocycles. The minimum Gasteiger partial charge on any atom is -0.493 e. The Balaban J connectivity index is 1.35. The van der Waals surface area contributed by atoms with E-state index < -0.39 is 28.7 Å². The number of imidazole rings is 1. The fourth-order valence-electron chi connectivity index (χ4n) is 3.68.